The second kappa shape index (κ2) is 9.69. The molecule has 8 nitrogen and oxygen atoms in total. The summed E-state index contributed by atoms with van der Waals surface area (Å²) in [6.45, 7) is 1.46. The molecule has 4 rings (SSSR count). The molecule has 0 aliphatic heterocycles. The summed E-state index contributed by atoms with van der Waals surface area (Å²) in [5.41, 5.74) is 1.85. The molecule has 2 aromatic carbocycles. The molecule has 0 atom stereocenters. The molecule has 0 unspecified atom stereocenters. The minimum absolute atomic E-state index is 0.0166. The average Bonchev–Trinajstić information content (AvgIpc) is 3.14. The lowest BCUT2D eigenvalue weighted by Gasteiger charge is -2.08. The van der Waals surface area contributed by atoms with Gasteiger partial charge in [0.05, 0.1) is 18.6 Å². The topological polar surface area (TPSA) is 106 Å². The molecular weight excluding hydrogens is 480 g/mol. The van der Waals surface area contributed by atoms with Crippen LogP contribution in [0.25, 0.3) is 16.0 Å². The number of methoxy groups -OCH3 is 1. The first kappa shape index (κ1) is 22.9. The Balaban J connectivity index is 1.58. The molecular formula is C22H18N4O4S3. The van der Waals surface area contributed by atoms with Gasteiger partial charge in [0, 0.05) is 17.3 Å². The zero-order chi connectivity index (χ0) is 23.5. The molecule has 2 aromatic heterocycles. The van der Waals surface area contributed by atoms with Crippen molar-refractivity contribution in [3.8, 4) is 11.4 Å². The second-order valence-electron chi connectivity index (χ2n) is 6.90. The van der Waals surface area contributed by atoms with Crippen LogP contribution in [0.15, 0.2) is 58.5 Å². The van der Waals surface area contributed by atoms with E-state index in [-0.39, 0.29) is 23.0 Å². The quantitative estimate of drug-likeness (QED) is 0.168. The van der Waals surface area contributed by atoms with Crippen LogP contribution in [0.3, 0.4) is 0 Å². The van der Waals surface area contributed by atoms with Gasteiger partial charge in [0.25, 0.3) is 5.56 Å². The lowest BCUT2D eigenvalue weighted by Crippen LogP contribution is -2.16. The summed E-state index contributed by atoms with van der Waals surface area (Å²) < 4.78 is 7.87. The van der Waals surface area contributed by atoms with Gasteiger partial charge in [-0.05, 0) is 43.4 Å². The number of rotatable bonds is 7. The standard InChI is InChI=1S/C22H18N4O4S3/c1-12(27)13-5-3-6-14(9-13)23-17(28)11-32-21-24-19-18(20(29)25-21)33-22(31)26(19)15-7-4-8-16(10-15)30-2/h3-10H,11H2,1-2H3,(H,23,28)(H,24,25,29). The van der Waals surface area contributed by atoms with Crippen molar-refractivity contribution in [3.05, 3.63) is 68.4 Å². The van der Waals surface area contributed by atoms with Crippen LogP contribution in [0, 0.1) is 3.95 Å². The van der Waals surface area contributed by atoms with Crippen LogP contribution in [-0.4, -0.2) is 39.1 Å². The zero-order valence-electron chi connectivity index (χ0n) is 17.6. The Morgan fingerprint density at radius 1 is 1.24 bits per heavy atom. The molecule has 0 radical (unpaired) electrons. The number of Topliss-reactive ketones (excluding diaryl/α,β-unsaturated/α-hetero) is 1. The third-order valence-electron chi connectivity index (χ3n) is 4.63. The number of ketones is 1. The van der Waals surface area contributed by atoms with Crippen LogP contribution >= 0.6 is 35.3 Å². The fraction of sp³-hybridized carbons (Fsp3) is 0.136. The third-order valence-corrected chi connectivity index (χ3v) is 6.86. The summed E-state index contributed by atoms with van der Waals surface area (Å²) in [5, 5.41) is 3.04. The zero-order valence-corrected chi connectivity index (χ0v) is 20.0. The van der Waals surface area contributed by atoms with E-state index in [1.165, 1.54) is 18.3 Å². The van der Waals surface area contributed by atoms with E-state index < -0.39 is 0 Å². The first-order valence-electron chi connectivity index (χ1n) is 9.69. The van der Waals surface area contributed by atoms with E-state index in [0.29, 0.717) is 36.5 Å². The van der Waals surface area contributed by atoms with Crippen molar-refractivity contribution < 1.29 is 14.3 Å². The van der Waals surface area contributed by atoms with E-state index in [9.17, 15) is 14.4 Å². The highest BCUT2D eigenvalue weighted by atomic mass is 32.2. The van der Waals surface area contributed by atoms with E-state index in [2.05, 4.69) is 15.3 Å². The van der Waals surface area contributed by atoms with Gasteiger partial charge in [-0.25, -0.2) is 4.98 Å². The third kappa shape index (κ3) is 5.05. The molecule has 0 saturated heterocycles. The summed E-state index contributed by atoms with van der Waals surface area (Å²) in [4.78, 5) is 43.8. The number of hydrogen-bond acceptors (Lipinski definition) is 8. The average molecular weight is 499 g/mol. The molecule has 168 valence electrons. The Bertz CT molecular complexity index is 1490. The van der Waals surface area contributed by atoms with Crippen molar-refractivity contribution in [1.82, 2.24) is 14.5 Å². The number of benzene rings is 2. The number of thiazole rings is 1. The number of aromatic amines is 1. The maximum Gasteiger partial charge on any atom is 0.271 e. The van der Waals surface area contributed by atoms with Crippen LogP contribution < -0.4 is 15.6 Å². The molecule has 33 heavy (non-hydrogen) atoms. The summed E-state index contributed by atoms with van der Waals surface area (Å²) in [6.07, 6.45) is 0. The smallest absolute Gasteiger partial charge is 0.271 e. The predicted octanol–water partition coefficient (Wildman–Crippen LogP) is 4.45. The van der Waals surface area contributed by atoms with Gasteiger partial charge in [-0.2, -0.15) is 0 Å². The molecule has 0 aliphatic rings. The number of thioether (sulfide) groups is 1. The van der Waals surface area contributed by atoms with Crippen LogP contribution in [-0.2, 0) is 4.79 Å². The van der Waals surface area contributed by atoms with Gasteiger partial charge in [0.15, 0.2) is 20.5 Å². The fourth-order valence-electron chi connectivity index (χ4n) is 3.09. The summed E-state index contributed by atoms with van der Waals surface area (Å²) in [5.74, 6) is 0.289. The van der Waals surface area contributed by atoms with Crippen molar-refractivity contribution >= 4 is 63.0 Å². The normalized spacial score (nSPS) is 10.8. The van der Waals surface area contributed by atoms with Crippen LogP contribution in [0.1, 0.15) is 17.3 Å². The monoisotopic (exact) mass is 498 g/mol. The van der Waals surface area contributed by atoms with E-state index in [1.54, 1.807) is 42.0 Å². The number of nitrogens with one attached hydrogen (secondary N) is 2. The van der Waals surface area contributed by atoms with Crippen LogP contribution in [0.2, 0.25) is 0 Å². The first-order valence-corrected chi connectivity index (χ1v) is 11.9. The van der Waals surface area contributed by atoms with Gasteiger partial charge >= 0.3 is 0 Å². The van der Waals surface area contributed by atoms with E-state index in [4.69, 9.17) is 17.0 Å². The lowest BCUT2D eigenvalue weighted by atomic mass is 10.1. The number of ether oxygens (including phenoxy) is 1. The summed E-state index contributed by atoms with van der Waals surface area (Å²) >= 11 is 7.74. The number of anilines is 1. The predicted molar refractivity (Wildman–Crippen MR) is 133 cm³/mol. The highest BCUT2D eigenvalue weighted by Gasteiger charge is 2.15. The number of aromatic nitrogens is 3. The maximum absolute atomic E-state index is 12.6. The molecule has 2 N–H and O–H groups in total. The van der Waals surface area contributed by atoms with Crippen molar-refractivity contribution in [2.24, 2.45) is 0 Å². The molecule has 1 amide bonds. The van der Waals surface area contributed by atoms with Crippen LogP contribution in [0.5, 0.6) is 5.75 Å². The summed E-state index contributed by atoms with van der Waals surface area (Å²) in [6, 6.07) is 14.0. The summed E-state index contributed by atoms with van der Waals surface area (Å²) in [7, 11) is 1.57. The van der Waals surface area contributed by atoms with Gasteiger partial charge in [-0.3, -0.25) is 19.0 Å². The Labute approximate surface area is 201 Å². The second-order valence-corrected chi connectivity index (χ2v) is 9.51. The highest BCUT2D eigenvalue weighted by Crippen LogP contribution is 2.26. The molecule has 0 aliphatic carbocycles. The Morgan fingerprint density at radius 3 is 2.79 bits per heavy atom. The molecule has 0 spiro atoms. The minimum Gasteiger partial charge on any atom is -0.497 e. The number of amides is 1. The van der Waals surface area contributed by atoms with Gasteiger partial charge < -0.3 is 15.0 Å². The van der Waals surface area contributed by atoms with E-state index in [1.807, 2.05) is 18.2 Å². The lowest BCUT2D eigenvalue weighted by molar-refractivity contribution is -0.113. The molecule has 11 heteroatoms. The minimum atomic E-state index is -0.324. The van der Waals surface area contributed by atoms with Gasteiger partial charge in [0.2, 0.25) is 5.91 Å². The van der Waals surface area contributed by atoms with Crippen molar-refractivity contribution in [2.45, 2.75) is 12.1 Å². The number of nitrogens with zero attached hydrogens (tertiary/aromatic N) is 2. The highest BCUT2D eigenvalue weighted by molar-refractivity contribution is 7.99. The van der Waals surface area contributed by atoms with Crippen molar-refractivity contribution in [1.29, 1.82) is 0 Å². The van der Waals surface area contributed by atoms with Crippen LogP contribution in [0.4, 0.5) is 5.69 Å². The number of hydrogen-bond donors (Lipinski definition) is 2. The SMILES string of the molecule is COc1cccc(-n2c(=S)sc3c(=O)[nH]c(SCC(=O)Nc4cccc(C(C)=O)c4)nc32)c1. The van der Waals surface area contributed by atoms with Gasteiger partial charge in [-0.1, -0.05) is 41.3 Å². The Morgan fingerprint density at radius 2 is 2.03 bits per heavy atom. The van der Waals surface area contributed by atoms with Gasteiger partial charge in [-0.15, -0.1) is 0 Å². The van der Waals surface area contributed by atoms with Crippen molar-refractivity contribution in [2.75, 3.05) is 18.2 Å². The number of carbonyl (C=O) groups is 2. The molecule has 0 bridgehead atoms. The molecule has 2 heterocycles. The number of H-pyrrole nitrogens is 1. The largest absolute Gasteiger partial charge is 0.497 e. The van der Waals surface area contributed by atoms with Gasteiger partial charge in [0.1, 0.15) is 10.4 Å². The molecule has 0 fully saturated rings. The Kier molecular flexibility index (Phi) is 6.72. The van der Waals surface area contributed by atoms with E-state index >= 15 is 0 Å². The first-order chi connectivity index (χ1) is 15.9. The van der Waals surface area contributed by atoms with E-state index in [0.717, 1.165) is 17.4 Å². The Hall–Kier alpha value is -3.28. The number of fused-ring (bicyclic) bond motifs is 1. The van der Waals surface area contributed by atoms with Crippen molar-refractivity contribution in [3.63, 3.8) is 0 Å². The fourth-order valence-corrected chi connectivity index (χ4v) is 5.01. The maximum atomic E-state index is 12.6. The number of carbonyl (C=O) groups excluding carboxylic acids is 2. The molecule has 0 saturated carbocycles. The molecule has 4 aromatic rings.